The summed E-state index contributed by atoms with van der Waals surface area (Å²) in [5.74, 6) is -0.406. The molecule has 0 heterocycles. The molecule has 0 unspecified atom stereocenters. The van der Waals surface area contributed by atoms with Crippen molar-refractivity contribution in [2.24, 2.45) is 4.40 Å². The van der Waals surface area contributed by atoms with Gasteiger partial charge in [-0.2, -0.15) is 4.40 Å². The third kappa shape index (κ3) is 3.13. The first kappa shape index (κ1) is 12.8. The van der Waals surface area contributed by atoms with Gasteiger partial charge < -0.3 is 5.73 Å². The highest BCUT2D eigenvalue weighted by atomic mass is 32.2. The number of benzene rings is 1. The molecule has 1 aromatic carbocycles. The van der Waals surface area contributed by atoms with E-state index in [0.29, 0.717) is 17.0 Å². The molecular formula is C11H15FN2OS. The maximum atomic E-state index is 13.4. The van der Waals surface area contributed by atoms with E-state index in [-0.39, 0.29) is 5.25 Å². The Morgan fingerprint density at radius 1 is 1.50 bits per heavy atom. The van der Waals surface area contributed by atoms with Crippen LogP contribution in [-0.2, 0) is 11.0 Å². The predicted molar refractivity (Wildman–Crippen MR) is 66.3 cm³/mol. The van der Waals surface area contributed by atoms with Crippen LogP contribution in [0.5, 0.6) is 0 Å². The van der Waals surface area contributed by atoms with Crippen LogP contribution in [0.15, 0.2) is 22.6 Å². The average Bonchev–Trinajstić information content (AvgIpc) is 2.21. The zero-order valence-corrected chi connectivity index (χ0v) is 10.3. The number of rotatable bonds is 3. The Morgan fingerprint density at radius 2 is 2.12 bits per heavy atom. The first-order valence-corrected chi connectivity index (χ1v) is 6.10. The van der Waals surface area contributed by atoms with Crippen molar-refractivity contribution in [2.45, 2.75) is 26.0 Å². The molecule has 0 saturated heterocycles. The van der Waals surface area contributed by atoms with E-state index in [9.17, 15) is 8.60 Å². The molecule has 0 aromatic heterocycles. The van der Waals surface area contributed by atoms with Crippen LogP contribution in [0.3, 0.4) is 0 Å². The molecule has 88 valence electrons. The van der Waals surface area contributed by atoms with E-state index in [4.69, 9.17) is 5.73 Å². The van der Waals surface area contributed by atoms with Crippen LogP contribution in [0.1, 0.15) is 26.3 Å². The lowest BCUT2D eigenvalue weighted by Crippen LogP contribution is -2.07. The number of hydrogen-bond donors (Lipinski definition) is 1. The lowest BCUT2D eigenvalue weighted by Gasteiger charge is -2.05. The van der Waals surface area contributed by atoms with Gasteiger partial charge in [-0.25, -0.2) is 8.60 Å². The fourth-order valence-corrected chi connectivity index (χ4v) is 1.69. The number of nitrogens with zero attached hydrogens (tertiary/aromatic N) is 1. The highest BCUT2D eigenvalue weighted by molar-refractivity contribution is 7.84. The summed E-state index contributed by atoms with van der Waals surface area (Å²) in [5, 5.41) is -0.0842. The van der Waals surface area contributed by atoms with Gasteiger partial charge in [0.2, 0.25) is 0 Å². The van der Waals surface area contributed by atoms with Crippen molar-refractivity contribution in [3.63, 3.8) is 0 Å². The number of halogens is 1. The fourth-order valence-electron chi connectivity index (χ4n) is 1.11. The fraction of sp³-hybridized carbons (Fsp3) is 0.364. The molecule has 16 heavy (non-hydrogen) atoms. The van der Waals surface area contributed by atoms with E-state index in [1.165, 1.54) is 18.2 Å². The molecule has 1 aromatic rings. The van der Waals surface area contributed by atoms with Gasteiger partial charge in [0.1, 0.15) is 16.8 Å². The van der Waals surface area contributed by atoms with Crippen molar-refractivity contribution >= 4 is 22.4 Å². The van der Waals surface area contributed by atoms with E-state index in [0.717, 1.165) is 0 Å². The molecule has 0 amide bonds. The maximum Gasteiger partial charge on any atom is 0.142 e. The molecule has 0 aliphatic heterocycles. The molecule has 1 rings (SSSR count). The Morgan fingerprint density at radius 3 is 2.69 bits per heavy atom. The normalized spacial score (nSPS) is 14.2. The lowest BCUT2D eigenvalue weighted by molar-refractivity contribution is 0.625. The van der Waals surface area contributed by atoms with Gasteiger partial charge in [-0.3, -0.25) is 0 Å². The summed E-state index contributed by atoms with van der Waals surface area (Å²) < 4.78 is 28.9. The number of anilines is 1. The minimum absolute atomic E-state index is 0.0842. The molecule has 0 aliphatic carbocycles. The molecule has 1 atom stereocenters. The van der Waals surface area contributed by atoms with Crippen LogP contribution in [-0.4, -0.2) is 15.2 Å². The Balaban J connectivity index is 3.09. The molecular weight excluding hydrogens is 227 g/mol. The maximum absolute atomic E-state index is 13.4. The Labute approximate surface area is 97.2 Å². The van der Waals surface area contributed by atoms with Crippen LogP contribution < -0.4 is 5.73 Å². The van der Waals surface area contributed by atoms with Crippen molar-refractivity contribution in [1.29, 1.82) is 0 Å². The van der Waals surface area contributed by atoms with Crippen molar-refractivity contribution in [2.75, 3.05) is 5.73 Å². The van der Waals surface area contributed by atoms with Gasteiger partial charge in [-0.05, 0) is 39.0 Å². The second-order valence-electron chi connectivity index (χ2n) is 3.74. The van der Waals surface area contributed by atoms with Gasteiger partial charge in [0.25, 0.3) is 0 Å². The summed E-state index contributed by atoms with van der Waals surface area (Å²) in [6.45, 7) is 5.21. The minimum Gasteiger partial charge on any atom is -0.399 e. The zero-order chi connectivity index (χ0) is 12.3. The van der Waals surface area contributed by atoms with Crippen molar-refractivity contribution in [1.82, 2.24) is 0 Å². The highest BCUT2D eigenvalue weighted by Gasteiger charge is 2.09. The monoisotopic (exact) mass is 242 g/mol. The van der Waals surface area contributed by atoms with Gasteiger partial charge in [-0.1, -0.05) is 0 Å². The Kier molecular flexibility index (Phi) is 4.18. The average molecular weight is 242 g/mol. The molecule has 2 N–H and O–H groups in total. The molecule has 0 spiro atoms. The number of nitrogen functional groups attached to an aromatic ring is 1. The molecule has 0 radical (unpaired) electrons. The summed E-state index contributed by atoms with van der Waals surface area (Å²) in [6.07, 6.45) is 0. The smallest absolute Gasteiger partial charge is 0.142 e. The van der Waals surface area contributed by atoms with Crippen LogP contribution in [0.4, 0.5) is 10.1 Å². The molecule has 3 nitrogen and oxygen atoms in total. The molecule has 0 saturated carbocycles. The van der Waals surface area contributed by atoms with Crippen LogP contribution in [0.2, 0.25) is 0 Å². The lowest BCUT2D eigenvalue weighted by atomic mass is 10.1. The van der Waals surface area contributed by atoms with E-state index in [1.54, 1.807) is 20.8 Å². The summed E-state index contributed by atoms with van der Waals surface area (Å²) in [6, 6.07) is 4.25. The van der Waals surface area contributed by atoms with Gasteiger partial charge >= 0.3 is 0 Å². The molecule has 0 aliphatic rings. The van der Waals surface area contributed by atoms with Crippen LogP contribution in [0, 0.1) is 5.82 Å². The second-order valence-corrected chi connectivity index (χ2v) is 5.42. The Bertz CT molecular complexity index is 444. The van der Waals surface area contributed by atoms with Gasteiger partial charge in [0, 0.05) is 11.3 Å². The van der Waals surface area contributed by atoms with Crippen LogP contribution in [0.25, 0.3) is 0 Å². The van der Waals surface area contributed by atoms with Crippen LogP contribution >= 0.6 is 0 Å². The predicted octanol–water partition coefficient (Wildman–Crippen LogP) is 2.29. The van der Waals surface area contributed by atoms with Crippen molar-refractivity contribution in [3.8, 4) is 0 Å². The summed E-state index contributed by atoms with van der Waals surface area (Å²) >= 11 is 0. The van der Waals surface area contributed by atoms with Gasteiger partial charge in [0.15, 0.2) is 0 Å². The quantitative estimate of drug-likeness (QED) is 0.653. The zero-order valence-electron chi connectivity index (χ0n) is 9.53. The highest BCUT2D eigenvalue weighted by Crippen LogP contribution is 2.14. The van der Waals surface area contributed by atoms with Gasteiger partial charge in [0.05, 0.1) is 11.0 Å². The largest absolute Gasteiger partial charge is 0.399 e. The summed E-state index contributed by atoms with van der Waals surface area (Å²) in [4.78, 5) is 0. The van der Waals surface area contributed by atoms with E-state index in [2.05, 4.69) is 4.40 Å². The first-order valence-electron chi connectivity index (χ1n) is 4.93. The summed E-state index contributed by atoms with van der Waals surface area (Å²) in [7, 11) is -1.34. The SMILES string of the molecule is CC(=N[S@@](=O)C(C)C)c1cc(N)ccc1F. The second kappa shape index (κ2) is 5.21. The first-order chi connectivity index (χ1) is 7.41. The molecule has 0 fully saturated rings. The Hall–Kier alpha value is -1.23. The third-order valence-corrected chi connectivity index (χ3v) is 3.27. The van der Waals surface area contributed by atoms with Gasteiger partial charge in [-0.15, -0.1) is 0 Å². The van der Waals surface area contributed by atoms with Crippen molar-refractivity contribution in [3.05, 3.63) is 29.6 Å². The van der Waals surface area contributed by atoms with E-state index in [1.807, 2.05) is 0 Å². The topological polar surface area (TPSA) is 55.5 Å². The van der Waals surface area contributed by atoms with E-state index < -0.39 is 16.8 Å². The standard InChI is InChI=1S/C11H15FN2OS/c1-7(2)16(15)14-8(3)10-6-9(13)4-5-11(10)12/h4-7H,13H2,1-3H3/t16-/m0/s1. The molecule has 0 bridgehead atoms. The van der Waals surface area contributed by atoms with Crippen molar-refractivity contribution < 1.29 is 8.60 Å². The minimum atomic E-state index is -1.34. The number of hydrogen-bond acceptors (Lipinski definition) is 2. The summed E-state index contributed by atoms with van der Waals surface area (Å²) in [5.41, 5.74) is 6.72. The number of nitrogens with two attached hydrogens (primary N) is 1. The third-order valence-electron chi connectivity index (χ3n) is 2.01. The molecule has 5 heteroatoms. The van der Waals surface area contributed by atoms with E-state index >= 15 is 0 Å².